The Morgan fingerprint density at radius 3 is 3.06 bits per heavy atom. The van der Waals surface area contributed by atoms with Crippen LogP contribution in [0.4, 0.5) is 5.69 Å². The zero-order valence-electron chi connectivity index (χ0n) is 10.4. The van der Waals surface area contributed by atoms with Crippen molar-refractivity contribution >= 4 is 17.3 Å². The second-order valence-corrected chi connectivity index (χ2v) is 4.72. The quantitative estimate of drug-likeness (QED) is 0.894. The molecule has 1 aromatic rings. The molecule has 1 atom stereocenters. The summed E-state index contributed by atoms with van der Waals surface area (Å²) < 4.78 is 5.25. The van der Waals surface area contributed by atoms with Gasteiger partial charge in [0, 0.05) is 30.9 Å². The van der Waals surface area contributed by atoms with Gasteiger partial charge in [0.05, 0.1) is 12.1 Å². The predicted octanol–water partition coefficient (Wildman–Crippen LogP) is 2.54. The molecular weight excluding hydrogens is 236 g/mol. The maximum absolute atomic E-state index is 6.03. The van der Waals surface area contributed by atoms with Crippen LogP contribution in [0.15, 0.2) is 18.2 Å². The molecule has 1 unspecified atom stereocenters. The van der Waals surface area contributed by atoms with Gasteiger partial charge in [-0.1, -0.05) is 18.5 Å². The van der Waals surface area contributed by atoms with Gasteiger partial charge in [0.15, 0.2) is 0 Å². The van der Waals surface area contributed by atoms with Crippen LogP contribution < -0.4 is 15.0 Å². The third-order valence-corrected chi connectivity index (χ3v) is 3.49. The van der Waals surface area contributed by atoms with Crippen molar-refractivity contribution in [3.05, 3.63) is 23.2 Å². The molecule has 0 radical (unpaired) electrons. The Kier molecular flexibility index (Phi) is 4.13. The first kappa shape index (κ1) is 12.5. The summed E-state index contributed by atoms with van der Waals surface area (Å²) in [6.45, 7) is 5.32. The number of rotatable bonds is 4. The van der Waals surface area contributed by atoms with E-state index < -0.39 is 0 Å². The van der Waals surface area contributed by atoms with Crippen molar-refractivity contribution in [2.24, 2.45) is 0 Å². The van der Waals surface area contributed by atoms with E-state index in [2.05, 4.69) is 23.2 Å². The SMILES string of the molecule is CCNC1CCN(c2ccc(Cl)c(OC)c2)C1. The maximum atomic E-state index is 6.03. The van der Waals surface area contributed by atoms with Gasteiger partial charge < -0.3 is 15.0 Å². The molecule has 1 aromatic carbocycles. The number of nitrogens with zero attached hydrogens (tertiary/aromatic N) is 1. The van der Waals surface area contributed by atoms with Crippen LogP contribution >= 0.6 is 11.6 Å². The molecule has 1 fully saturated rings. The van der Waals surface area contributed by atoms with Gasteiger partial charge in [0.1, 0.15) is 5.75 Å². The lowest BCUT2D eigenvalue weighted by Crippen LogP contribution is -2.32. The standard InChI is InChI=1S/C13H19ClN2O/c1-3-15-10-6-7-16(9-10)11-4-5-12(14)13(8-11)17-2/h4-5,8,10,15H,3,6-7,9H2,1-2H3. The Hall–Kier alpha value is -0.930. The average Bonchev–Trinajstić information content (AvgIpc) is 2.79. The van der Waals surface area contributed by atoms with Gasteiger partial charge in [-0.05, 0) is 25.1 Å². The van der Waals surface area contributed by atoms with Crippen LogP contribution in [0.2, 0.25) is 5.02 Å². The van der Waals surface area contributed by atoms with E-state index >= 15 is 0 Å². The van der Waals surface area contributed by atoms with Crippen molar-refractivity contribution in [1.29, 1.82) is 0 Å². The van der Waals surface area contributed by atoms with Gasteiger partial charge >= 0.3 is 0 Å². The van der Waals surface area contributed by atoms with Crippen molar-refractivity contribution in [2.75, 3.05) is 31.6 Å². The number of likely N-dealkylation sites (N-methyl/N-ethyl adjacent to an activating group) is 1. The molecule has 1 aliphatic heterocycles. The monoisotopic (exact) mass is 254 g/mol. The molecule has 4 heteroatoms. The zero-order valence-corrected chi connectivity index (χ0v) is 11.1. The number of anilines is 1. The summed E-state index contributed by atoms with van der Waals surface area (Å²) in [4.78, 5) is 2.37. The van der Waals surface area contributed by atoms with E-state index in [0.717, 1.165) is 25.4 Å². The van der Waals surface area contributed by atoms with Crippen LogP contribution in [0.5, 0.6) is 5.75 Å². The van der Waals surface area contributed by atoms with Crippen molar-refractivity contribution in [3.63, 3.8) is 0 Å². The van der Waals surface area contributed by atoms with Gasteiger partial charge in [0.2, 0.25) is 0 Å². The van der Waals surface area contributed by atoms with E-state index in [4.69, 9.17) is 16.3 Å². The molecule has 17 heavy (non-hydrogen) atoms. The minimum atomic E-state index is 0.599. The van der Waals surface area contributed by atoms with E-state index in [1.54, 1.807) is 7.11 Å². The summed E-state index contributed by atoms with van der Waals surface area (Å²) in [6, 6.07) is 6.56. The van der Waals surface area contributed by atoms with Crippen LogP contribution in [0.3, 0.4) is 0 Å². The van der Waals surface area contributed by atoms with Crippen LogP contribution in [0.25, 0.3) is 0 Å². The topological polar surface area (TPSA) is 24.5 Å². The Morgan fingerprint density at radius 2 is 2.35 bits per heavy atom. The van der Waals surface area contributed by atoms with E-state index in [1.807, 2.05) is 12.1 Å². The number of benzene rings is 1. The van der Waals surface area contributed by atoms with Crippen LogP contribution in [-0.2, 0) is 0 Å². The van der Waals surface area contributed by atoms with Crippen LogP contribution in [0, 0.1) is 0 Å². The molecule has 1 heterocycles. The van der Waals surface area contributed by atoms with Crippen LogP contribution in [0.1, 0.15) is 13.3 Å². The number of hydrogen-bond donors (Lipinski definition) is 1. The summed E-state index contributed by atoms with van der Waals surface area (Å²) in [6.07, 6.45) is 1.19. The third kappa shape index (κ3) is 2.85. The zero-order chi connectivity index (χ0) is 12.3. The summed E-state index contributed by atoms with van der Waals surface area (Å²) in [5.41, 5.74) is 1.19. The minimum absolute atomic E-state index is 0.599. The number of methoxy groups -OCH3 is 1. The molecule has 3 nitrogen and oxygen atoms in total. The minimum Gasteiger partial charge on any atom is -0.495 e. The van der Waals surface area contributed by atoms with Gasteiger partial charge in [-0.3, -0.25) is 0 Å². The number of ether oxygens (including phenoxy) is 1. The highest BCUT2D eigenvalue weighted by molar-refractivity contribution is 6.32. The highest BCUT2D eigenvalue weighted by Gasteiger charge is 2.22. The molecule has 1 saturated heterocycles. The Balaban J connectivity index is 2.08. The molecule has 1 aliphatic rings. The first-order valence-electron chi connectivity index (χ1n) is 6.06. The van der Waals surface area contributed by atoms with Gasteiger partial charge in [-0.2, -0.15) is 0 Å². The average molecular weight is 255 g/mol. The van der Waals surface area contributed by atoms with Crippen molar-refractivity contribution in [1.82, 2.24) is 5.32 Å². The fourth-order valence-electron chi connectivity index (χ4n) is 2.30. The maximum Gasteiger partial charge on any atom is 0.139 e. The molecule has 0 amide bonds. The van der Waals surface area contributed by atoms with Crippen molar-refractivity contribution < 1.29 is 4.74 Å². The first-order chi connectivity index (χ1) is 8.24. The second-order valence-electron chi connectivity index (χ2n) is 4.31. The molecule has 94 valence electrons. The molecule has 0 aromatic heterocycles. The van der Waals surface area contributed by atoms with E-state index in [1.165, 1.54) is 12.1 Å². The van der Waals surface area contributed by atoms with E-state index in [0.29, 0.717) is 11.1 Å². The molecule has 0 aliphatic carbocycles. The fraction of sp³-hybridized carbons (Fsp3) is 0.538. The first-order valence-corrected chi connectivity index (χ1v) is 6.44. The largest absolute Gasteiger partial charge is 0.495 e. The predicted molar refractivity (Wildman–Crippen MR) is 72.3 cm³/mol. The number of nitrogens with one attached hydrogen (secondary N) is 1. The highest BCUT2D eigenvalue weighted by Crippen LogP contribution is 2.30. The van der Waals surface area contributed by atoms with Crippen LogP contribution in [-0.4, -0.2) is 32.8 Å². The molecule has 0 spiro atoms. The van der Waals surface area contributed by atoms with Gasteiger partial charge in [-0.15, -0.1) is 0 Å². The molecule has 2 rings (SSSR count). The molecule has 1 N–H and O–H groups in total. The Labute approximate surface area is 108 Å². The summed E-state index contributed by atoms with van der Waals surface area (Å²) in [5.74, 6) is 0.746. The van der Waals surface area contributed by atoms with Gasteiger partial charge in [-0.25, -0.2) is 0 Å². The molecule has 0 saturated carbocycles. The summed E-state index contributed by atoms with van der Waals surface area (Å²) in [7, 11) is 1.65. The molecule has 0 bridgehead atoms. The van der Waals surface area contributed by atoms with Gasteiger partial charge in [0.25, 0.3) is 0 Å². The molecular formula is C13H19ClN2O. The number of hydrogen-bond acceptors (Lipinski definition) is 3. The lowest BCUT2D eigenvalue weighted by molar-refractivity contribution is 0.415. The second kappa shape index (κ2) is 5.61. The van der Waals surface area contributed by atoms with Crippen molar-refractivity contribution in [2.45, 2.75) is 19.4 Å². The lowest BCUT2D eigenvalue weighted by Gasteiger charge is -2.20. The lowest BCUT2D eigenvalue weighted by atomic mass is 10.2. The summed E-state index contributed by atoms with van der Waals surface area (Å²) in [5, 5.41) is 4.15. The Bertz CT molecular complexity index is 384. The summed E-state index contributed by atoms with van der Waals surface area (Å²) >= 11 is 6.03. The van der Waals surface area contributed by atoms with E-state index in [9.17, 15) is 0 Å². The highest BCUT2D eigenvalue weighted by atomic mass is 35.5. The fourth-order valence-corrected chi connectivity index (χ4v) is 2.49. The Morgan fingerprint density at radius 1 is 1.53 bits per heavy atom. The van der Waals surface area contributed by atoms with E-state index in [-0.39, 0.29) is 0 Å². The van der Waals surface area contributed by atoms with Crippen molar-refractivity contribution in [3.8, 4) is 5.75 Å². The number of halogens is 1. The normalized spacial score (nSPS) is 19.7. The smallest absolute Gasteiger partial charge is 0.139 e. The third-order valence-electron chi connectivity index (χ3n) is 3.18.